The molecule has 0 N–H and O–H groups in total. The molecule has 8 heteroatoms. The Kier molecular flexibility index (Phi) is 8.48. The summed E-state index contributed by atoms with van der Waals surface area (Å²) in [6.07, 6.45) is 4.77. The van der Waals surface area contributed by atoms with Gasteiger partial charge in [0, 0.05) is 61.9 Å². The molecule has 0 bridgehead atoms. The van der Waals surface area contributed by atoms with Crippen LogP contribution < -0.4 is 9.47 Å². The zero-order chi connectivity index (χ0) is 28.8. The van der Waals surface area contributed by atoms with Crippen LogP contribution in [-0.4, -0.2) is 51.5 Å². The van der Waals surface area contributed by atoms with Gasteiger partial charge in [0.25, 0.3) is 5.91 Å². The third-order valence-corrected chi connectivity index (χ3v) is 7.00. The van der Waals surface area contributed by atoms with E-state index in [2.05, 4.69) is 9.97 Å². The Morgan fingerprint density at radius 1 is 0.805 bits per heavy atom. The van der Waals surface area contributed by atoms with Crippen molar-refractivity contribution in [1.29, 1.82) is 0 Å². The summed E-state index contributed by atoms with van der Waals surface area (Å²) in [6, 6.07) is 21.5. The molecular formula is C33H31N3O5. The number of pyridine rings is 2. The number of nitrogens with zero attached hydrogens (tertiary/aromatic N) is 3. The Balaban J connectivity index is 1.11. The first-order valence-electron chi connectivity index (χ1n) is 13.6. The molecular weight excluding hydrogens is 518 g/mol. The number of aryl methyl sites for hydroxylation is 1. The summed E-state index contributed by atoms with van der Waals surface area (Å²) in [6.45, 7) is 4.73. The van der Waals surface area contributed by atoms with Crippen LogP contribution in [0.25, 0.3) is 0 Å². The molecule has 1 fully saturated rings. The summed E-state index contributed by atoms with van der Waals surface area (Å²) >= 11 is 0. The first-order chi connectivity index (χ1) is 19.8. The Morgan fingerprint density at radius 2 is 1.49 bits per heavy atom. The number of carbonyl (C=O) groups is 3. The van der Waals surface area contributed by atoms with E-state index in [1.54, 1.807) is 59.6 Å². The fourth-order valence-corrected chi connectivity index (χ4v) is 4.58. The minimum Gasteiger partial charge on any atom is -0.490 e. The predicted octanol–water partition coefficient (Wildman–Crippen LogP) is 5.89. The lowest BCUT2D eigenvalue weighted by Gasteiger charge is -2.32. The van der Waals surface area contributed by atoms with E-state index in [1.165, 1.54) is 18.7 Å². The van der Waals surface area contributed by atoms with Crippen LogP contribution in [0.5, 0.6) is 17.4 Å². The maximum Gasteiger partial charge on any atom is 0.272 e. The number of aromatic nitrogens is 2. The average molecular weight is 550 g/mol. The normalized spacial score (nSPS) is 13.5. The van der Waals surface area contributed by atoms with Gasteiger partial charge in [-0.25, -0.2) is 4.98 Å². The second-order valence-corrected chi connectivity index (χ2v) is 10.1. The molecule has 208 valence electrons. The second kappa shape index (κ2) is 12.6. The summed E-state index contributed by atoms with van der Waals surface area (Å²) in [4.78, 5) is 47.6. The fourth-order valence-electron chi connectivity index (χ4n) is 4.58. The lowest BCUT2D eigenvalue weighted by molar-refractivity contribution is 0.0589. The van der Waals surface area contributed by atoms with E-state index in [4.69, 9.17) is 9.47 Å². The van der Waals surface area contributed by atoms with Gasteiger partial charge in [0.2, 0.25) is 5.88 Å². The smallest absolute Gasteiger partial charge is 0.272 e. The second-order valence-electron chi connectivity index (χ2n) is 10.1. The van der Waals surface area contributed by atoms with Crippen molar-refractivity contribution in [2.24, 2.45) is 0 Å². The molecule has 3 heterocycles. The molecule has 4 aromatic rings. The van der Waals surface area contributed by atoms with E-state index in [0.717, 1.165) is 24.2 Å². The third kappa shape index (κ3) is 7.22. The zero-order valence-electron chi connectivity index (χ0n) is 23.1. The van der Waals surface area contributed by atoms with Crippen LogP contribution in [0.3, 0.4) is 0 Å². The van der Waals surface area contributed by atoms with Gasteiger partial charge in [-0.05, 0) is 67.9 Å². The van der Waals surface area contributed by atoms with Crippen LogP contribution in [0, 0.1) is 6.92 Å². The first-order valence-corrected chi connectivity index (χ1v) is 13.6. The van der Waals surface area contributed by atoms with E-state index in [-0.39, 0.29) is 30.0 Å². The monoisotopic (exact) mass is 549 g/mol. The van der Waals surface area contributed by atoms with Crippen molar-refractivity contribution in [3.63, 3.8) is 0 Å². The molecule has 0 aliphatic carbocycles. The Labute approximate surface area is 239 Å². The predicted molar refractivity (Wildman–Crippen MR) is 154 cm³/mol. The number of ketones is 2. The zero-order valence-corrected chi connectivity index (χ0v) is 23.1. The van der Waals surface area contributed by atoms with Crippen molar-refractivity contribution in [2.45, 2.75) is 39.2 Å². The SMILES string of the molecule is CC(=O)c1ccc(Oc2ccc(CC(=O)c3ccc(C(=O)N4CCC(Oc5ccc(C)cc5)CC4)nc3)cn2)cc1. The summed E-state index contributed by atoms with van der Waals surface area (Å²) in [5.74, 6) is 1.51. The number of piperidine rings is 1. The molecule has 0 saturated carbocycles. The van der Waals surface area contributed by atoms with Crippen LogP contribution >= 0.6 is 0 Å². The van der Waals surface area contributed by atoms with Crippen LogP contribution in [0.2, 0.25) is 0 Å². The average Bonchev–Trinajstić information content (AvgIpc) is 3.00. The Hall–Kier alpha value is -4.85. The topological polar surface area (TPSA) is 98.7 Å². The van der Waals surface area contributed by atoms with Crippen molar-refractivity contribution in [2.75, 3.05) is 13.1 Å². The molecule has 1 aliphatic heterocycles. The summed E-state index contributed by atoms with van der Waals surface area (Å²) in [5.41, 5.74) is 3.27. The van der Waals surface area contributed by atoms with Crippen molar-refractivity contribution >= 4 is 17.5 Å². The van der Waals surface area contributed by atoms with E-state index in [0.29, 0.717) is 41.5 Å². The van der Waals surface area contributed by atoms with Crippen molar-refractivity contribution in [1.82, 2.24) is 14.9 Å². The number of Topliss-reactive ketones (excluding diaryl/α,β-unsaturated/α-hetero) is 2. The molecule has 41 heavy (non-hydrogen) atoms. The van der Waals surface area contributed by atoms with E-state index < -0.39 is 0 Å². The largest absolute Gasteiger partial charge is 0.490 e. The molecule has 1 amide bonds. The number of amides is 1. The van der Waals surface area contributed by atoms with Crippen LogP contribution in [-0.2, 0) is 6.42 Å². The van der Waals surface area contributed by atoms with Gasteiger partial charge >= 0.3 is 0 Å². The molecule has 1 aliphatic rings. The molecule has 0 spiro atoms. The standard InChI is InChI=1S/C33H31N3O5/c1-22-3-9-27(10-4-22)40-29-15-17-36(18-16-29)33(39)30-13-8-26(21-34-30)31(38)19-24-5-14-32(35-20-24)41-28-11-6-25(7-12-28)23(2)37/h3-14,20-21,29H,15-19H2,1-2H3. The number of carbonyl (C=O) groups excluding carboxylic acids is 3. The maximum absolute atomic E-state index is 13.0. The van der Waals surface area contributed by atoms with Gasteiger partial charge in [0.05, 0.1) is 0 Å². The highest BCUT2D eigenvalue weighted by Crippen LogP contribution is 2.22. The number of benzene rings is 2. The fraction of sp³-hybridized carbons (Fsp3) is 0.242. The van der Waals surface area contributed by atoms with Crippen molar-refractivity contribution in [3.05, 3.63) is 113 Å². The van der Waals surface area contributed by atoms with Gasteiger partial charge in [-0.2, -0.15) is 0 Å². The van der Waals surface area contributed by atoms with Crippen LogP contribution in [0.15, 0.2) is 85.2 Å². The highest BCUT2D eigenvalue weighted by molar-refractivity contribution is 5.98. The minimum absolute atomic E-state index is 0.0134. The molecule has 2 aromatic heterocycles. The number of hydrogen-bond donors (Lipinski definition) is 0. The van der Waals surface area contributed by atoms with Gasteiger partial charge in [-0.3, -0.25) is 19.4 Å². The lowest BCUT2D eigenvalue weighted by Crippen LogP contribution is -2.42. The number of hydrogen-bond acceptors (Lipinski definition) is 7. The van der Waals surface area contributed by atoms with Crippen LogP contribution in [0.1, 0.15) is 62.1 Å². The quantitative estimate of drug-likeness (QED) is 0.240. The summed E-state index contributed by atoms with van der Waals surface area (Å²) in [7, 11) is 0. The van der Waals surface area contributed by atoms with Crippen molar-refractivity contribution in [3.8, 4) is 17.4 Å². The van der Waals surface area contributed by atoms with Gasteiger partial charge in [-0.15, -0.1) is 0 Å². The molecule has 5 rings (SSSR count). The molecule has 0 radical (unpaired) electrons. The highest BCUT2D eigenvalue weighted by atomic mass is 16.5. The minimum atomic E-state index is -0.145. The van der Waals surface area contributed by atoms with E-state index in [9.17, 15) is 14.4 Å². The molecule has 8 nitrogen and oxygen atoms in total. The number of likely N-dealkylation sites (tertiary alicyclic amines) is 1. The number of rotatable bonds is 9. The summed E-state index contributed by atoms with van der Waals surface area (Å²) < 4.78 is 11.8. The van der Waals surface area contributed by atoms with Gasteiger partial charge < -0.3 is 14.4 Å². The maximum atomic E-state index is 13.0. The highest BCUT2D eigenvalue weighted by Gasteiger charge is 2.25. The first kappa shape index (κ1) is 27.7. The van der Waals surface area contributed by atoms with Crippen molar-refractivity contribution < 1.29 is 23.9 Å². The molecule has 0 atom stereocenters. The lowest BCUT2D eigenvalue weighted by atomic mass is 10.0. The third-order valence-electron chi connectivity index (χ3n) is 7.00. The van der Waals surface area contributed by atoms with E-state index >= 15 is 0 Å². The molecule has 2 aromatic carbocycles. The van der Waals surface area contributed by atoms with Gasteiger partial charge in [0.1, 0.15) is 23.3 Å². The van der Waals surface area contributed by atoms with Gasteiger partial charge in [-0.1, -0.05) is 23.8 Å². The van der Waals surface area contributed by atoms with Gasteiger partial charge in [0.15, 0.2) is 11.6 Å². The van der Waals surface area contributed by atoms with Crippen LogP contribution in [0.4, 0.5) is 0 Å². The summed E-state index contributed by atoms with van der Waals surface area (Å²) in [5, 5.41) is 0. The molecule has 0 unspecified atom stereocenters. The Bertz CT molecular complexity index is 1510. The number of ether oxygens (including phenoxy) is 2. The molecule has 1 saturated heterocycles. The van der Waals surface area contributed by atoms with E-state index in [1.807, 2.05) is 31.2 Å². The Morgan fingerprint density at radius 3 is 2.10 bits per heavy atom.